The molecule has 0 saturated heterocycles. The highest BCUT2D eigenvalue weighted by molar-refractivity contribution is 5.62. The van der Waals surface area contributed by atoms with Gasteiger partial charge in [0.15, 0.2) is 5.82 Å². The Balaban J connectivity index is 2.31. The molecule has 1 N–H and O–H groups in total. The van der Waals surface area contributed by atoms with E-state index in [1.165, 1.54) is 6.07 Å². The van der Waals surface area contributed by atoms with Crippen LogP contribution < -0.4 is 5.32 Å². The van der Waals surface area contributed by atoms with Crippen LogP contribution in [-0.4, -0.2) is 26.7 Å². The van der Waals surface area contributed by atoms with Gasteiger partial charge in [-0.15, -0.1) is 0 Å². The lowest BCUT2D eigenvalue weighted by Crippen LogP contribution is -2.07. The average molecular weight is 289 g/mol. The first-order valence-corrected chi connectivity index (χ1v) is 6.96. The number of aromatic nitrogens is 3. The smallest absolute Gasteiger partial charge is 0.292 e. The fourth-order valence-electron chi connectivity index (χ4n) is 2.18. The summed E-state index contributed by atoms with van der Waals surface area (Å²) in [5.74, 6) is 1.75. The molecule has 2 aromatic rings. The van der Waals surface area contributed by atoms with Gasteiger partial charge >= 0.3 is 0 Å². The van der Waals surface area contributed by atoms with Gasteiger partial charge in [0.05, 0.1) is 11.5 Å². The van der Waals surface area contributed by atoms with E-state index in [0.717, 1.165) is 30.1 Å². The van der Waals surface area contributed by atoms with Crippen LogP contribution in [0.15, 0.2) is 18.2 Å². The summed E-state index contributed by atoms with van der Waals surface area (Å²) in [6, 6.07) is 5.06. The van der Waals surface area contributed by atoms with Gasteiger partial charge < -0.3 is 5.32 Å². The van der Waals surface area contributed by atoms with Gasteiger partial charge in [0.25, 0.3) is 5.69 Å². The van der Waals surface area contributed by atoms with Gasteiger partial charge in [0.2, 0.25) is 0 Å². The molecule has 2 rings (SSSR count). The minimum atomic E-state index is -0.391. The van der Waals surface area contributed by atoms with Crippen molar-refractivity contribution < 1.29 is 4.92 Å². The van der Waals surface area contributed by atoms with Gasteiger partial charge in [-0.25, -0.2) is 9.67 Å². The van der Waals surface area contributed by atoms with Crippen molar-refractivity contribution in [2.24, 2.45) is 0 Å². The van der Waals surface area contributed by atoms with E-state index < -0.39 is 4.92 Å². The van der Waals surface area contributed by atoms with Crippen molar-refractivity contribution >= 4 is 11.4 Å². The van der Waals surface area contributed by atoms with E-state index in [2.05, 4.69) is 15.4 Å². The fraction of sp³-hybridized carbons (Fsp3) is 0.429. The molecular formula is C14H19N5O2. The first-order valence-electron chi connectivity index (χ1n) is 6.96. The highest BCUT2D eigenvalue weighted by Crippen LogP contribution is 2.25. The van der Waals surface area contributed by atoms with Gasteiger partial charge in [-0.3, -0.25) is 10.1 Å². The van der Waals surface area contributed by atoms with E-state index in [0.29, 0.717) is 12.2 Å². The maximum absolute atomic E-state index is 10.9. The second kappa shape index (κ2) is 6.34. The number of nitrogens with one attached hydrogen (secondary N) is 1. The SMILES string of the molecule is CCc1nc(CC)n(Cc2ccc([N+](=O)[O-])c(NC)c2)n1. The maximum Gasteiger partial charge on any atom is 0.292 e. The number of nitrogens with zero attached hydrogens (tertiary/aromatic N) is 4. The number of nitro benzene ring substituents is 1. The Hall–Kier alpha value is -2.44. The van der Waals surface area contributed by atoms with Crippen LogP contribution in [0.2, 0.25) is 0 Å². The molecule has 0 saturated carbocycles. The number of hydrogen-bond acceptors (Lipinski definition) is 5. The van der Waals surface area contributed by atoms with E-state index in [4.69, 9.17) is 0 Å². The van der Waals surface area contributed by atoms with Crippen LogP contribution in [0.4, 0.5) is 11.4 Å². The Morgan fingerprint density at radius 2 is 2.10 bits per heavy atom. The summed E-state index contributed by atoms with van der Waals surface area (Å²) in [6.07, 6.45) is 1.60. The van der Waals surface area contributed by atoms with E-state index in [9.17, 15) is 10.1 Å². The van der Waals surface area contributed by atoms with Crippen molar-refractivity contribution in [3.8, 4) is 0 Å². The lowest BCUT2D eigenvalue weighted by Gasteiger charge is -2.07. The van der Waals surface area contributed by atoms with E-state index in [1.54, 1.807) is 19.2 Å². The van der Waals surface area contributed by atoms with Crippen molar-refractivity contribution in [2.45, 2.75) is 33.2 Å². The topological polar surface area (TPSA) is 85.9 Å². The predicted molar refractivity (Wildman–Crippen MR) is 80.5 cm³/mol. The fourth-order valence-corrected chi connectivity index (χ4v) is 2.18. The first-order chi connectivity index (χ1) is 10.1. The third-order valence-corrected chi connectivity index (χ3v) is 3.28. The van der Waals surface area contributed by atoms with Crippen molar-refractivity contribution in [3.63, 3.8) is 0 Å². The second-order valence-corrected chi connectivity index (χ2v) is 4.67. The third-order valence-electron chi connectivity index (χ3n) is 3.28. The minimum Gasteiger partial charge on any atom is -0.383 e. The first kappa shape index (κ1) is 15.0. The van der Waals surface area contributed by atoms with Gasteiger partial charge in [-0.2, -0.15) is 5.10 Å². The lowest BCUT2D eigenvalue weighted by atomic mass is 10.1. The lowest BCUT2D eigenvalue weighted by molar-refractivity contribution is -0.384. The number of nitro groups is 1. The molecule has 7 heteroatoms. The highest BCUT2D eigenvalue weighted by Gasteiger charge is 2.14. The second-order valence-electron chi connectivity index (χ2n) is 4.67. The van der Waals surface area contributed by atoms with Crippen LogP contribution in [0.5, 0.6) is 0 Å². The van der Waals surface area contributed by atoms with Gasteiger partial charge in [-0.05, 0) is 11.6 Å². The van der Waals surface area contributed by atoms with E-state index in [1.807, 2.05) is 18.5 Å². The van der Waals surface area contributed by atoms with Crippen molar-refractivity contribution in [1.82, 2.24) is 14.8 Å². The molecule has 21 heavy (non-hydrogen) atoms. The van der Waals surface area contributed by atoms with Crippen molar-refractivity contribution in [2.75, 3.05) is 12.4 Å². The molecule has 0 unspecified atom stereocenters. The molecule has 1 heterocycles. The number of aryl methyl sites for hydroxylation is 2. The molecule has 7 nitrogen and oxygen atoms in total. The molecule has 0 amide bonds. The number of benzene rings is 1. The van der Waals surface area contributed by atoms with Crippen molar-refractivity contribution in [3.05, 3.63) is 45.5 Å². The molecule has 0 aliphatic rings. The zero-order valence-corrected chi connectivity index (χ0v) is 12.5. The molecule has 1 aromatic carbocycles. The van der Waals surface area contributed by atoms with Crippen LogP contribution in [-0.2, 0) is 19.4 Å². The standard InChI is InChI=1S/C14H19N5O2/c1-4-13-16-14(5-2)18(17-13)9-10-6-7-12(19(20)21)11(8-10)15-3/h6-8,15H,4-5,9H2,1-3H3. The van der Waals surface area contributed by atoms with Crippen LogP contribution in [0.1, 0.15) is 31.1 Å². The average Bonchev–Trinajstić information content (AvgIpc) is 2.89. The summed E-state index contributed by atoms with van der Waals surface area (Å²) in [4.78, 5) is 15.0. The van der Waals surface area contributed by atoms with Crippen LogP contribution >= 0.6 is 0 Å². The molecule has 0 atom stereocenters. The van der Waals surface area contributed by atoms with E-state index >= 15 is 0 Å². The van der Waals surface area contributed by atoms with Gasteiger partial charge in [0, 0.05) is 26.0 Å². The molecule has 0 radical (unpaired) electrons. The normalized spacial score (nSPS) is 10.6. The highest BCUT2D eigenvalue weighted by atomic mass is 16.6. The maximum atomic E-state index is 10.9. The Labute approximate surface area is 123 Å². The molecule has 0 aliphatic heterocycles. The summed E-state index contributed by atoms with van der Waals surface area (Å²) in [5, 5.41) is 18.3. The predicted octanol–water partition coefficient (Wildman–Crippen LogP) is 2.40. The van der Waals surface area contributed by atoms with Crippen LogP contribution in [0.3, 0.4) is 0 Å². The molecule has 0 bridgehead atoms. The summed E-state index contributed by atoms with van der Waals surface area (Å²) in [6.45, 7) is 4.61. The Bertz CT molecular complexity index is 651. The summed E-state index contributed by atoms with van der Waals surface area (Å²) < 4.78 is 1.86. The number of anilines is 1. The van der Waals surface area contributed by atoms with E-state index in [-0.39, 0.29) is 5.69 Å². The quantitative estimate of drug-likeness (QED) is 0.652. The Kier molecular flexibility index (Phi) is 4.52. The molecule has 0 aliphatic carbocycles. The Morgan fingerprint density at radius 3 is 2.67 bits per heavy atom. The van der Waals surface area contributed by atoms with Crippen LogP contribution in [0.25, 0.3) is 0 Å². The van der Waals surface area contributed by atoms with Crippen molar-refractivity contribution in [1.29, 1.82) is 0 Å². The Morgan fingerprint density at radius 1 is 1.33 bits per heavy atom. The number of rotatable bonds is 6. The van der Waals surface area contributed by atoms with Gasteiger partial charge in [0.1, 0.15) is 11.5 Å². The largest absolute Gasteiger partial charge is 0.383 e. The zero-order valence-electron chi connectivity index (χ0n) is 12.5. The summed E-state index contributed by atoms with van der Waals surface area (Å²) in [5.41, 5.74) is 1.53. The summed E-state index contributed by atoms with van der Waals surface area (Å²) in [7, 11) is 1.67. The van der Waals surface area contributed by atoms with Gasteiger partial charge in [-0.1, -0.05) is 19.9 Å². The molecule has 0 spiro atoms. The van der Waals surface area contributed by atoms with Crippen LogP contribution in [0, 0.1) is 10.1 Å². The third kappa shape index (κ3) is 3.18. The minimum absolute atomic E-state index is 0.0739. The molecular weight excluding hydrogens is 270 g/mol. The molecule has 0 fully saturated rings. The number of hydrogen-bond donors (Lipinski definition) is 1. The molecule has 1 aromatic heterocycles. The monoisotopic (exact) mass is 289 g/mol. The zero-order chi connectivity index (χ0) is 15.4. The molecule has 112 valence electrons. The summed E-state index contributed by atoms with van der Waals surface area (Å²) >= 11 is 0.